The highest BCUT2D eigenvalue weighted by Crippen LogP contribution is 2.22. The smallest absolute Gasteiger partial charge is 0.336 e. The first-order valence-electron chi connectivity index (χ1n) is 6.97. The molecule has 0 spiro atoms. The van der Waals surface area contributed by atoms with Gasteiger partial charge in [-0.3, -0.25) is 0 Å². The molecule has 0 unspecified atom stereocenters. The average Bonchev–Trinajstić information content (AvgIpc) is 2.50. The lowest BCUT2D eigenvalue weighted by Gasteiger charge is -2.05. The van der Waals surface area contributed by atoms with Crippen molar-refractivity contribution in [3.05, 3.63) is 64.7 Å². The topological polar surface area (TPSA) is 35.5 Å². The highest BCUT2D eigenvalue weighted by molar-refractivity contribution is 6.30. The first-order chi connectivity index (χ1) is 10.6. The first-order valence-corrected chi connectivity index (χ1v) is 7.35. The molecule has 0 aliphatic carbocycles. The fourth-order valence-corrected chi connectivity index (χ4v) is 2.10. The summed E-state index contributed by atoms with van der Waals surface area (Å²) in [5.74, 6) is 0.879. The van der Waals surface area contributed by atoms with E-state index in [1.165, 1.54) is 6.08 Å². The normalized spacial score (nSPS) is 10.7. The maximum absolute atomic E-state index is 11.8. The molecule has 0 N–H and O–H groups in total. The Morgan fingerprint density at radius 3 is 2.55 bits per heavy atom. The minimum Gasteiger partial charge on any atom is -0.494 e. The van der Waals surface area contributed by atoms with Crippen molar-refractivity contribution >= 4 is 23.6 Å². The maximum atomic E-state index is 11.8. The van der Waals surface area contributed by atoms with Crippen molar-refractivity contribution < 1.29 is 14.3 Å². The Kier molecular flexibility index (Phi) is 5.61. The molecule has 22 heavy (non-hydrogen) atoms. The monoisotopic (exact) mass is 316 g/mol. The Labute approximate surface area is 135 Å². The lowest BCUT2D eigenvalue weighted by molar-refractivity contribution is -0.128. The molecule has 0 aliphatic rings. The quantitative estimate of drug-likeness (QED) is 0.457. The molecule has 114 valence electrons. The van der Waals surface area contributed by atoms with Crippen molar-refractivity contribution in [3.63, 3.8) is 0 Å². The van der Waals surface area contributed by atoms with Crippen molar-refractivity contribution in [3.8, 4) is 11.5 Å². The van der Waals surface area contributed by atoms with Crippen LogP contribution in [-0.2, 0) is 4.79 Å². The predicted octanol–water partition coefficient (Wildman–Crippen LogP) is 4.67. The van der Waals surface area contributed by atoms with Crippen molar-refractivity contribution in [1.29, 1.82) is 0 Å². The summed E-state index contributed by atoms with van der Waals surface area (Å²) >= 11 is 5.87. The van der Waals surface area contributed by atoms with Gasteiger partial charge in [0.05, 0.1) is 6.61 Å². The maximum Gasteiger partial charge on any atom is 0.336 e. The number of rotatable bonds is 5. The summed E-state index contributed by atoms with van der Waals surface area (Å²) in [4.78, 5) is 11.8. The molecule has 0 saturated carbocycles. The van der Waals surface area contributed by atoms with Gasteiger partial charge < -0.3 is 9.47 Å². The molecule has 0 radical (unpaired) electrons. The number of carbonyl (C=O) groups excluding carboxylic acids is 1. The third kappa shape index (κ3) is 4.64. The molecular formula is C18H17ClO3. The van der Waals surface area contributed by atoms with E-state index >= 15 is 0 Å². The summed E-state index contributed by atoms with van der Waals surface area (Å²) in [6.07, 6.45) is 3.09. The lowest BCUT2D eigenvalue weighted by atomic mass is 10.2. The zero-order valence-electron chi connectivity index (χ0n) is 12.5. The fourth-order valence-electron chi connectivity index (χ4n) is 1.88. The molecule has 0 amide bonds. The standard InChI is InChI=1S/C18H17ClO3/c1-3-21-16-8-4-14(5-9-16)6-11-18(20)22-17-10-7-15(19)12-13(17)2/h4-12H,3H2,1-2H3. The van der Waals surface area contributed by atoms with Gasteiger partial charge in [0, 0.05) is 11.1 Å². The van der Waals surface area contributed by atoms with Crippen molar-refractivity contribution in [2.75, 3.05) is 6.61 Å². The van der Waals surface area contributed by atoms with E-state index in [-0.39, 0.29) is 0 Å². The van der Waals surface area contributed by atoms with Gasteiger partial charge in [-0.05, 0) is 61.4 Å². The van der Waals surface area contributed by atoms with E-state index in [1.807, 2.05) is 38.1 Å². The molecule has 4 heteroatoms. The molecule has 0 atom stereocenters. The van der Waals surface area contributed by atoms with E-state index in [9.17, 15) is 4.79 Å². The Hall–Kier alpha value is -2.26. The van der Waals surface area contributed by atoms with Gasteiger partial charge in [0.25, 0.3) is 0 Å². The second-order valence-electron chi connectivity index (χ2n) is 4.67. The molecular weight excluding hydrogens is 300 g/mol. The van der Waals surface area contributed by atoms with Crippen LogP contribution in [-0.4, -0.2) is 12.6 Å². The van der Waals surface area contributed by atoms with Crippen molar-refractivity contribution in [1.82, 2.24) is 0 Å². The van der Waals surface area contributed by atoms with E-state index in [0.29, 0.717) is 17.4 Å². The first kappa shape index (κ1) is 16.1. The van der Waals surface area contributed by atoms with E-state index < -0.39 is 5.97 Å². The van der Waals surface area contributed by atoms with Gasteiger partial charge in [0.15, 0.2) is 0 Å². The molecule has 0 fully saturated rings. The van der Waals surface area contributed by atoms with Crippen LogP contribution in [0, 0.1) is 6.92 Å². The molecule has 2 rings (SSSR count). The Balaban J connectivity index is 1.98. The SMILES string of the molecule is CCOc1ccc(C=CC(=O)Oc2ccc(Cl)cc2C)cc1. The molecule has 0 bridgehead atoms. The van der Waals surface area contributed by atoms with E-state index in [2.05, 4.69) is 0 Å². The van der Waals surface area contributed by atoms with Crippen LogP contribution in [0.5, 0.6) is 11.5 Å². The van der Waals surface area contributed by atoms with Crippen LogP contribution in [0.1, 0.15) is 18.1 Å². The van der Waals surface area contributed by atoms with E-state index in [4.69, 9.17) is 21.1 Å². The van der Waals surface area contributed by atoms with Crippen LogP contribution in [0.4, 0.5) is 0 Å². The lowest BCUT2D eigenvalue weighted by Crippen LogP contribution is -2.04. The second kappa shape index (κ2) is 7.66. The van der Waals surface area contributed by atoms with Crippen molar-refractivity contribution in [2.45, 2.75) is 13.8 Å². The third-order valence-corrected chi connectivity index (χ3v) is 3.19. The minimum atomic E-state index is -0.431. The van der Waals surface area contributed by atoms with Crippen LogP contribution in [0.2, 0.25) is 5.02 Å². The number of benzene rings is 2. The predicted molar refractivity (Wildman–Crippen MR) is 88.5 cm³/mol. The van der Waals surface area contributed by atoms with Crippen LogP contribution in [0.25, 0.3) is 6.08 Å². The van der Waals surface area contributed by atoms with Gasteiger partial charge in [0.1, 0.15) is 11.5 Å². The summed E-state index contributed by atoms with van der Waals surface area (Å²) in [5.41, 5.74) is 1.71. The minimum absolute atomic E-state index is 0.431. The van der Waals surface area contributed by atoms with Crippen LogP contribution in [0.3, 0.4) is 0 Å². The average molecular weight is 317 g/mol. The van der Waals surface area contributed by atoms with Crippen LogP contribution >= 0.6 is 11.6 Å². The summed E-state index contributed by atoms with van der Waals surface area (Å²) in [7, 11) is 0. The Bertz CT molecular complexity index is 675. The number of esters is 1. The van der Waals surface area contributed by atoms with E-state index in [1.54, 1.807) is 24.3 Å². The molecule has 3 nitrogen and oxygen atoms in total. The molecule has 0 aliphatic heterocycles. The number of carbonyl (C=O) groups is 1. The number of hydrogen-bond acceptors (Lipinski definition) is 3. The zero-order chi connectivity index (χ0) is 15.9. The van der Waals surface area contributed by atoms with Gasteiger partial charge >= 0.3 is 5.97 Å². The summed E-state index contributed by atoms with van der Waals surface area (Å²) in [6.45, 7) is 4.40. The van der Waals surface area contributed by atoms with E-state index in [0.717, 1.165) is 16.9 Å². The zero-order valence-corrected chi connectivity index (χ0v) is 13.3. The molecule has 0 aromatic heterocycles. The van der Waals surface area contributed by atoms with Gasteiger partial charge in [-0.25, -0.2) is 4.79 Å². The number of halogens is 1. The Morgan fingerprint density at radius 2 is 1.91 bits per heavy atom. The third-order valence-electron chi connectivity index (χ3n) is 2.95. The van der Waals surface area contributed by atoms with Gasteiger partial charge in [-0.1, -0.05) is 23.7 Å². The van der Waals surface area contributed by atoms with Crippen molar-refractivity contribution in [2.24, 2.45) is 0 Å². The molecule has 0 heterocycles. The Morgan fingerprint density at radius 1 is 1.18 bits per heavy atom. The number of hydrogen-bond donors (Lipinski definition) is 0. The second-order valence-corrected chi connectivity index (χ2v) is 5.10. The molecule has 2 aromatic carbocycles. The largest absolute Gasteiger partial charge is 0.494 e. The fraction of sp³-hybridized carbons (Fsp3) is 0.167. The summed E-state index contributed by atoms with van der Waals surface area (Å²) < 4.78 is 10.6. The van der Waals surface area contributed by atoms with Crippen LogP contribution < -0.4 is 9.47 Å². The summed E-state index contributed by atoms with van der Waals surface area (Å²) in [5, 5.41) is 0.613. The highest BCUT2D eigenvalue weighted by Gasteiger charge is 2.04. The number of aryl methyl sites for hydroxylation is 1. The number of ether oxygens (including phenoxy) is 2. The van der Waals surface area contributed by atoms with Gasteiger partial charge in [-0.15, -0.1) is 0 Å². The van der Waals surface area contributed by atoms with Gasteiger partial charge in [-0.2, -0.15) is 0 Å². The van der Waals surface area contributed by atoms with Crippen LogP contribution in [0.15, 0.2) is 48.5 Å². The molecule has 0 saturated heterocycles. The highest BCUT2D eigenvalue weighted by atomic mass is 35.5. The van der Waals surface area contributed by atoms with Gasteiger partial charge in [0.2, 0.25) is 0 Å². The molecule has 2 aromatic rings. The summed E-state index contributed by atoms with van der Waals surface area (Å²) in [6, 6.07) is 12.6.